The van der Waals surface area contributed by atoms with E-state index in [2.05, 4.69) is 10.2 Å². The van der Waals surface area contributed by atoms with E-state index in [9.17, 15) is 4.79 Å². The van der Waals surface area contributed by atoms with Gasteiger partial charge in [0.05, 0.1) is 7.11 Å². The molecule has 0 aliphatic carbocycles. The molecule has 90 valence electrons. The molecule has 0 heterocycles. The third-order valence-electron chi connectivity index (χ3n) is 2.05. The van der Waals surface area contributed by atoms with Crippen molar-refractivity contribution in [3.8, 4) is 0 Å². The van der Waals surface area contributed by atoms with Gasteiger partial charge in [-0.1, -0.05) is 12.1 Å². The van der Waals surface area contributed by atoms with Crippen LogP contribution < -0.4 is 17.0 Å². The smallest absolute Gasteiger partial charge is 0.322 e. The zero-order valence-electron chi connectivity index (χ0n) is 8.97. The van der Waals surface area contributed by atoms with Gasteiger partial charge in [0.2, 0.25) is 0 Å². The lowest BCUT2D eigenvalue weighted by atomic mass is 10.1. The molecule has 1 rings (SSSR count). The first-order chi connectivity index (χ1) is 7.17. The van der Waals surface area contributed by atoms with E-state index < -0.39 is 12.0 Å². The zero-order chi connectivity index (χ0) is 11.3. The Labute approximate surface area is 101 Å². The molecule has 5 nitrogen and oxygen atoms in total. The molecule has 0 unspecified atom stereocenters. The maximum Gasteiger partial charge on any atom is 0.322 e. The minimum atomic E-state index is -0.636. The van der Waals surface area contributed by atoms with Crippen LogP contribution in [0.1, 0.15) is 5.56 Å². The second-order valence-electron chi connectivity index (χ2n) is 3.18. The summed E-state index contributed by atoms with van der Waals surface area (Å²) in [5.74, 6) is 4.85. The number of benzene rings is 1. The number of hydrazine groups is 1. The number of halogens is 1. The van der Waals surface area contributed by atoms with Crippen LogP contribution in [0.15, 0.2) is 24.3 Å². The third kappa shape index (κ3) is 4.06. The first-order valence-electron chi connectivity index (χ1n) is 4.56. The summed E-state index contributed by atoms with van der Waals surface area (Å²) in [4.78, 5) is 11.1. The number of carbonyl (C=O) groups is 1. The van der Waals surface area contributed by atoms with Gasteiger partial charge in [-0.05, 0) is 24.1 Å². The minimum absolute atomic E-state index is 0. The number of hydrogen-bond acceptors (Lipinski definition) is 5. The van der Waals surface area contributed by atoms with Gasteiger partial charge in [-0.3, -0.25) is 10.6 Å². The van der Waals surface area contributed by atoms with E-state index in [1.165, 1.54) is 7.11 Å². The van der Waals surface area contributed by atoms with Crippen LogP contribution in [0.3, 0.4) is 0 Å². The van der Waals surface area contributed by atoms with Gasteiger partial charge in [0.1, 0.15) is 6.04 Å². The summed E-state index contributed by atoms with van der Waals surface area (Å²) in [5, 5.41) is 0. The van der Waals surface area contributed by atoms with Crippen molar-refractivity contribution in [2.24, 2.45) is 11.6 Å². The lowest BCUT2D eigenvalue weighted by Gasteiger charge is -2.09. The first-order valence-corrected chi connectivity index (χ1v) is 4.56. The summed E-state index contributed by atoms with van der Waals surface area (Å²) in [5.41, 5.74) is 9.87. The summed E-state index contributed by atoms with van der Waals surface area (Å²) in [6, 6.07) is 6.75. The fourth-order valence-corrected chi connectivity index (χ4v) is 1.28. The van der Waals surface area contributed by atoms with Gasteiger partial charge in [-0.15, -0.1) is 12.4 Å². The number of esters is 1. The Balaban J connectivity index is 0.00000225. The zero-order valence-corrected chi connectivity index (χ0v) is 9.79. The van der Waals surface area contributed by atoms with Crippen molar-refractivity contribution >= 4 is 24.1 Å². The minimum Gasteiger partial charge on any atom is -0.468 e. The summed E-state index contributed by atoms with van der Waals surface area (Å²) < 4.78 is 4.54. The molecule has 5 N–H and O–H groups in total. The molecule has 1 aromatic carbocycles. The van der Waals surface area contributed by atoms with Gasteiger partial charge in [-0.25, -0.2) is 0 Å². The standard InChI is InChI=1S/C10H15N3O2.ClH/c1-15-10(14)9(11)6-7-3-2-4-8(5-7)13-12;/h2-5,9,13H,6,11-12H2,1H3;1H/t9-;/m0./s1. The normalized spacial score (nSPS) is 11.2. The molecule has 0 saturated carbocycles. The lowest BCUT2D eigenvalue weighted by molar-refractivity contribution is -0.142. The van der Waals surface area contributed by atoms with Crippen molar-refractivity contribution in [3.05, 3.63) is 29.8 Å². The Bertz CT molecular complexity index is 347. The monoisotopic (exact) mass is 245 g/mol. The van der Waals surface area contributed by atoms with E-state index in [0.717, 1.165) is 11.3 Å². The Hall–Kier alpha value is -1.30. The highest BCUT2D eigenvalue weighted by atomic mass is 35.5. The molecule has 1 atom stereocenters. The molecule has 0 bridgehead atoms. The van der Waals surface area contributed by atoms with E-state index >= 15 is 0 Å². The van der Waals surface area contributed by atoms with Crippen molar-refractivity contribution in [1.82, 2.24) is 0 Å². The molecule has 0 radical (unpaired) electrons. The topological polar surface area (TPSA) is 90.4 Å². The van der Waals surface area contributed by atoms with Gasteiger partial charge in [-0.2, -0.15) is 0 Å². The lowest BCUT2D eigenvalue weighted by Crippen LogP contribution is -2.33. The van der Waals surface area contributed by atoms with E-state index in [1.54, 1.807) is 0 Å². The van der Waals surface area contributed by atoms with E-state index in [0.29, 0.717) is 6.42 Å². The highest BCUT2D eigenvalue weighted by Crippen LogP contribution is 2.10. The fraction of sp³-hybridized carbons (Fsp3) is 0.300. The highest BCUT2D eigenvalue weighted by Gasteiger charge is 2.13. The molecule has 1 aromatic rings. The Kier molecular flexibility index (Phi) is 6.48. The quantitative estimate of drug-likeness (QED) is 0.407. The van der Waals surface area contributed by atoms with Crippen LogP contribution in [-0.4, -0.2) is 19.1 Å². The second kappa shape index (κ2) is 7.05. The molecular formula is C10H16ClN3O2. The Morgan fingerprint density at radius 3 is 2.81 bits per heavy atom. The number of nitrogens with one attached hydrogen (secondary N) is 1. The van der Waals surface area contributed by atoms with Crippen molar-refractivity contribution in [1.29, 1.82) is 0 Å². The molecular weight excluding hydrogens is 230 g/mol. The Morgan fingerprint density at radius 1 is 1.56 bits per heavy atom. The molecule has 0 saturated heterocycles. The first kappa shape index (κ1) is 14.7. The molecule has 0 aromatic heterocycles. The molecule has 6 heteroatoms. The molecule has 0 aliphatic heterocycles. The van der Waals surface area contributed by atoms with Crippen molar-refractivity contribution in [2.45, 2.75) is 12.5 Å². The Morgan fingerprint density at radius 2 is 2.25 bits per heavy atom. The van der Waals surface area contributed by atoms with Gasteiger partial charge < -0.3 is 15.9 Å². The molecule has 16 heavy (non-hydrogen) atoms. The maximum atomic E-state index is 11.1. The van der Waals surface area contributed by atoms with Crippen LogP contribution in [0.5, 0.6) is 0 Å². The summed E-state index contributed by atoms with van der Waals surface area (Å²) >= 11 is 0. The predicted molar refractivity (Wildman–Crippen MR) is 65.2 cm³/mol. The number of nitrogens with two attached hydrogens (primary N) is 2. The molecule has 0 aliphatic rings. The van der Waals surface area contributed by atoms with E-state index in [-0.39, 0.29) is 12.4 Å². The van der Waals surface area contributed by atoms with Crippen molar-refractivity contribution < 1.29 is 9.53 Å². The van der Waals surface area contributed by atoms with Crippen LogP contribution in [0.4, 0.5) is 5.69 Å². The van der Waals surface area contributed by atoms with Gasteiger partial charge in [0.15, 0.2) is 0 Å². The van der Waals surface area contributed by atoms with E-state index in [4.69, 9.17) is 11.6 Å². The van der Waals surface area contributed by atoms with Crippen LogP contribution in [0.25, 0.3) is 0 Å². The average molecular weight is 246 g/mol. The van der Waals surface area contributed by atoms with Crippen molar-refractivity contribution in [3.63, 3.8) is 0 Å². The highest BCUT2D eigenvalue weighted by molar-refractivity contribution is 5.85. The SMILES string of the molecule is COC(=O)[C@@H](N)Cc1cccc(NN)c1.Cl. The van der Waals surface area contributed by atoms with Gasteiger partial charge in [0.25, 0.3) is 0 Å². The maximum absolute atomic E-state index is 11.1. The molecule has 0 fully saturated rings. The third-order valence-corrected chi connectivity index (χ3v) is 2.05. The van der Waals surface area contributed by atoms with Crippen LogP contribution in [-0.2, 0) is 16.0 Å². The van der Waals surface area contributed by atoms with Crippen molar-refractivity contribution in [2.75, 3.05) is 12.5 Å². The van der Waals surface area contributed by atoms with Crippen LogP contribution in [0, 0.1) is 0 Å². The van der Waals surface area contributed by atoms with Crippen LogP contribution >= 0.6 is 12.4 Å². The van der Waals surface area contributed by atoms with Gasteiger partial charge >= 0.3 is 5.97 Å². The fourth-order valence-electron chi connectivity index (χ4n) is 1.28. The number of methoxy groups -OCH3 is 1. The molecule has 0 amide bonds. The average Bonchev–Trinajstić information content (AvgIpc) is 2.28. The van der Waals surface area contributed by atoms with E-state index in [1.807, 2.05) is 24.3 Å². The number of rotatable bonds is 4. The predicted octanol–water partition coefficient (Wildman–Crippen LogP) is 0.437. The number of hydrogen-bond donors (Lipinski definition) is 3. The largest absolute Gasteiger partial charge is 0.468 e. The van der Waals surface area contributed by atoms with Crippen LogP contribution in [0.2, 0.25) is 0 Å². The number of anilines is 1. The summed E-state index contributed by atoms with van der Waals surface area (Å²) in [6.07, 6.45) is 0.433. The summed E-state index contributed by atoms with van der Waals surface area (Å²) in [7, 11) is 1.32. The second-order valence-corrected chi connectivity index (χ2v) is 3.18. The number of ether oxygens (including phenoxy) is 1. The number of nitrogen functional groups attached to an aromatic ring is 1. The number of carbonyl (C=O) groups excluding carboxylic acids is 1. The van der Waals surface area contributed by atoms with Gasteiger partial charge in [0, 0.05) is 5.69 Å². The molecule has 0 spiro atoms. The summed E-state index contributed by atoms with van der Waals surface area (Å²) in [6.45, 7) is 0.